The van der Waals surface area contributed by atoms with E-state index in [2.05, 4.69) is 14.7 Å². The maximum Gasteiger partial charge on any atom is 0.250 e. The second-order valence-corrected chi connectivity index (χ2v) is 7.26. The summed E-state index contributed by atoms with van der Waals surface area (Å²) >= 11 is 5.85. The molecule has 0 aromatic carbocycles. The highest BCUT2D eigenvalue weighted by atomic mass is 32.2. The molecule has 0 radical (unpaired) electrons. The van der Waals surface area contributed by atoms with Crippen molar-refractivity contribution in [2.24, 2.45) is 5.73 Å². The van der Waals surface area contributed by atoms with Crippen LogP contribution in [0.2, 0.25) is 0 Å². The Labute approximate surface area is 120 Å². The van der Waals surface area contributed by atoms with Gasteiger partial charge in [-0.2, -0.15) is 0 Å². The van der Waals surface area contributed by atoms with Crippen molar-refractivity contribution >= 4 is 38.6 Å². The molecule has 0 amide bonds. The van der Waals surface area contributed by atoms with E-state index in [4.69, 9.17) is 18.0 Å². The number of thiocarbonyl (C=S) groups is 1. The summed E-state index contributed by atoms with van der Waals surface area (Å²) in [6.07, 6.45) is 3.20. The molecule has 6 nitrogen and oxygen atoms in total. The highest BCUT2D eigenvalue weighted by molar-refractivity contribution is 7.91. The molecule has 2 aromatic heterocycles. The number of nitrogens with zero attached hydrogens (tertiary/aromatic N) is 1. The molecule has 0 aliphatic rings. The molecule has 4 N–H and O–H groups in total. The number of hydrogen-bond acceptors (Lipinski definition) is 5. The molecule has 0 aliphatic carbocycles. The summed E-state index contributed by atoms with van der Waals surface area (Å²) in [4.78, 5) is 7.62. The van der Waals surface area contributed by atoms with Gasteiger partial charge >= 0.3 is 0 Å². The van der Waals surface area contributed by atoms with Gasteiger partial charge in [-0.05, 0) is 19.1 Å². The minimum atomic E-state index is -3.60. The lowest BCUT2D eigenvalue weighted by Crippen LogP contribution is -2.26. The SMILES string of the molecule is CC(NS(=O)(=O)c1ccc(C(N)=S)s1)c1ncc[nH]1. The first-order valence-corrected chi connectivity index (χ1v) is 8.02. The second-order valence-electron chi connectivity index (χ2n) is 3.80. The van der Waals surface area contributed by atoms with Crippen LogP contribution in [-0.2, 0) is 10.0 Å². The molecule has 102 valence electrons. The van der Waals surface area contributed by atoms with Gasteiger partial charge in [0.2, 0.25) is 0 Å². The normalized spacial score (nSPS) is 13.3. The van der Waals surface area contributed by atoms with Gasteiger partial charge in [0.15, 0.2) is 0 Å². The lowest BCUT2D eigenvalue weighted by molar-refractivity contribution is 0.563. The predicted molar refractivity (Wildman–Crippen MR) is 77.5 cm³/mol. The summed E-state index contributed by atoms with van der Waals surface area (Å²) in [5.41, 5.74) is 5.46. The molecule has 9 heteroatoms. The lowest BCUT2D eigenvalue weighted by Gasteiger charge is -2.10. The van der Waals surface area contributed by atoms with Crippen molar-refractivity contribution in [3.63, 3.8) is 0 Å². The number of hydrogen-bond donors (Lipinski definition) is 3. The second kappa shape index (κ2) is 5.37. The van der Waals surface area contributed by atoms with Gasteiger partial charge in [-0.25, -0.2) is 18.1 Å². The molecule has 0 aliphatic heterocycles. The number of thiophene rings is 1. The van der Waals surface area contributed by atoms with Crippen molar-refractivity contribution in [3.8, 4) is 0 Å². The fraction of sp³-hybridized carbons (Fsp3) is 0.200. The molecular weight excluding hydrogens is 304 g/mol. The van der Waals surface area contributed by atoms with Gasteiger partial charge in [-0.3, -0.25) is 0 Å². The van der Waals surface area contributed by atoms with Crippen LogP contribution in [0.1, 0.15) is 23.7 Å². The highest BCUT2D eigenvalue weighted by Gasteiger charge is 2.21. The quantitative estimate of drug-likeness (QED) is 0.718. The van der Waals surface area contributed by atoms with Gasteiger partial charge < -0.3 is 10.7 Å². The molecule has 19 heavy (non-hydrogen) atoms. The van der Waals surface area contributed by atoms with Crippen LogP contribution in [0.25, 0.3) is 0 Å². The molecule has 1 atom stereocenters. The zero-order chi connectivity index (χ0) is 14.0. The zero-order valence-corrected chi connectivity index (χ0v) is 12.4. The molecule has 0 bridgehead atoms. The van der Waals surface area contributed by atoms with Gasteiger partial charge in [-0.15, -0.1) is 11.3 Å². The molecule has 0 saturated carbocycles. The summed E-state index contributed by atoms with van der Waals surface area (Å²) in [6.45, 7) is 1.71. The Bertz CT molecular complexity index is 675. The van der Waals surface area contributed by atoms with E-state index in [1.165, 1.54) is 6.07 Å². The van der Waals surface area contributed by atoms with Crippen LogP contribution >= 0.6 is 23.6 Å². The first-order chi connectivity index (χ1) is 8.90. The number of nitrogens with two attached hydrogens (primary N) is 1. The number of aromatic amines is 1. The zero-order valence-electron chi connectivity index (χ0n) is 9.95. The van der Waals surface area contributed by atoms with E-state index in [0.29, 0.717) is 10.7 Å². The smallest absolute Gasteiger partial charge is 0.250 e. The summed E-state index contributed by atoms with van der Waals surface area (Å²) in [7, 11) is -3.60. The molecule has 2 rings (SSSR count). The van der Waals surface area contributed by atoms with Crippen LogP contribution in [0, 0.1) is 0 Å². The predicted octanol–water partition coefficient (Wildman–Crippen LogP) is 1.14. The van der Waals surface area contributed by atoms with Crippen LogP contribution in [0.15, 0.2) is 28.7 Å². The Balaban J connectivity index is 2.20. The van der Waals surface area contributed by atoms with Gasteiger partial charge in [0.05, 0.1) is 10.9 Å². The third kappa shape index (κ3) is 3.18. The van der Waals surface area contributed by atoms with E-state index in [1.807, 2.05) is 0 Å². The van der Waals surface area contributed by atoms with E-state index in [1.54, 1.807) is 25.4 Å². The Morgan fingerprint density at radius 3 is 2.84 bits per heavy atom. The number of rotatable bonds is 5. The van der Waals surface area contributed by atoms with E-state index < -0.39 is 16.1 Å². The Kier molecular flexibility index (Phi) is 3.99. The Hall–Kier alpha value is -1.29. The minimum Gasteiger partial charge on any atom is -0.389 e. The third-order valence-electron chi connectivity index (χ3n) is 2.35. The minimum absolute atomic E-state index is 0.175. The van der Waals surface area contributed by atoms with Gasteiger partial charge in [0.1, 0.15) is 15.0 Å². The summed E-state index contributed by atoms with van der Waals surface area (Å²) in [6, 6.07) is 2.63. The first kappa shape index (κ1) is 14.1. The average Bonchev–Trinajstić information content (AvgIpc) is 3.00. The van der Waals surface area contributed by atoms with Crippen molar-refractivity contribution in [1.82, 2.24) is 14.7 Å². The Morgan fingerprint density at radius 1 is 1.58 bits per heavy atom. The van der Waals surface area contributed by atoms with E-state index in [9.17, 15) is 8.42 Å². The standard InChI is InChI=1S/C10H12N4O2S3/c1-6(10-12-4-5-13-10)14-19(15,16)8-3-2-7(18-8)9(11)17/h2-6,14H,1H3,(H2,11,17)(H,12,13). The summed E-state index contributed by atoms with van der Waals surface area (Å²) in [5, 5.41) is 0. The van der Waals surface area contributed by atoms with Crippen LogP contribution in [0.3, 0.4) is 0 Å². The monoisotopic (exact) mass is 316 g/mol. The lowest BCUT2D eigenvalue weighted by atomic mass is 10.3. The molecule has 0 spiro atoms. The number of H-pyrrole nitrogens is 1. The number of imidazole rings is 1. The first-order valence-electron chi connectivity index (χ1n) is 5.31. The van der Waals surface area contributed by atoms with Crippen molar-refractivity contribution in [2.45, 2.75) is 17.2 Å². The van der Waals surface area contributed by atoms with Crippen LogP contribution in [-0.4, -0.2) is 23.4 Å². The topological polar surface area (TPSA) is 101 Å². The molecule has 2 aromatic rings. The molecule has 1 unspecified atom stereocenters. The van der Waals surface area contributed by atoms with E-state index >= 15 is 0 Å². The number of nitrogens with one attached hydrogen (secondary N) is 2. The molecular formula is C10H12N4O2S3. The number of aromatic nitrogens is 2. The highest BCUT2D eigenvalue weighted by Crippen LogP contribution is 2.23. The van der Waals surface area contributed by atoms with Crippen molar-refractivity contribution in [2.75, 3.05) is 0 Å². The summed E-state index contributed by atoms with van der Waals surface area (Å²) in [5.74, 6) is 0.551. The third-order valence-corrected chi connectivity index (χ3v) is 5.85. The average molecular weight is 316 g/mol. The fourth-order valence-electron chi connectivity index (χ4n) is 1.46. The Morgan fingerprint density at radius 2 is 2.32 bits per heavy atom. The van der Waals surface area contributed by atoms with Crippen LogP contribution < -0.4 is 10.5 Å². The van der Waals surface area contributed by atoms with Crippen LogP contribution in [0.5, 0.6) is 0 Å². The molecule has 2 heterocycles. The van der Waals surface area contributed by atoms with E-state index in [-0.39, 0.29) is 9.20 Å². The van der Waals surface area contributed by atoms with Crippen molar-refractivity contribution < 1.29 is 8.42 Å². The van der Waals surface area contributed by atoms with Crippen LogP contribution in [0.4, 0.5) is 0 Å². The van der Waals surface area contributed by atoms with E-state index in [0.717, 1.165) is 11.3 Å². The van der Waals surface area contributed by atoms with Gasteiger partial charge in [-0.1, -0.05) is 12.2 Å². The van der Waals surface area contributed by atoms with Gasteiger partial charge in [0, 0.05) is 12.4 Å². The fourth-order valence-corrected chi connectivity index (χ4v) is 4.03. The number of sulfonamides is 1. The van der Waals surface area contributed by atoms with Crippen molar-refractivity contribution in [3.05, 3.63) is 35.2 Å². The molecule has 0 saturated heterocycles. The maximum absolute atomic E-state index is 12.1. The summed E-state index contributed by atoms with van der Waals surface area (Å²) < 4.78 is 27.0. The van der Waals surface area contributed by atoms with Crippen molar-refractivity contribution in [1.29, 1.82) is 0 Å². The molecule has 0 fully saturated rings. The van der Waals surface area contributed by atoms with Gasteiger partial charge in [0.25, 0.3) is 10.0 Å². The largest absolute Gasteiger partial charge is 0.389 e. The maximum atomic E-state index is 12.1.